The van der Waals surface area contributed by atoms with Gasteiger partial charge in [-0.3, -0.25) is 0 Å². The van der Waals surface area contributed by atoms with Gasteiger partial charge in [-0.2, -0.15) is 0 Å². The molecule has 4 nitrogen and oxygen atoms in total. The fraction of sp³-hybridized carbons (Fsp3) is 0.714. The molecule has 0 amide bonds. The Labute approximate surface area is 118 Å². The molecular formula is C14H22N2O2S. The van der Waals surface area contributed by atoms with E-state index in [-0.39, 0.29) is 5.97 Å². The average molecular weight is 282 g/mol. The lowest BCUT2D eigenvalue weighted by Crippen LogP contribution is -2.20. The standard InChI is InChI=1S/C14H22N2O2S/c1-3-10-4-6-11(7-5-10)8-15-14-16-9-12(19-14)13(17)18-2/h9-11H,3-8H2,1-2H3,(H,15,16). The minimum atomic E-state index is -0.311. The van der Waals surface area contributed by atoms with Gasteiger partial charge < -0.3 is 10.1 Å². The van der Waals surface area contributed by atoms with Crippen molar-refractivity contribution in [3.63, 3.8) is 0 Å². The number of methoxy groups -OCH3 is 1. The normalized spacial score (nSPS) is 23.1. The second-order valence-corrected chi connectivity index (χ2v) is 6.23. The van der Waals surface area contributed by atoms with Crippen LogP contribution in [0.4, 0.5) is 5.13 Å². The van der Waals surface area contributed by atoms with Crippen molar-refractivity contribution in [1.82, 2.24) is 4.98 Å². The van der Waals surface area contributed by atoms with E-state index in [0.29, 0.717) is 4.88 Å². The van der Waals surface area contributed by atoms with E-state index >= 15 is 0 Å². The van der Waals surface area contributed by atoms with Crippen LogP contribution in [0.15, 0.2) is 6.20 Å². The maximum atomic E-state index is 11.3. The zero-order valence-corrected chi connectivity index (χ0v) is 12.5. The first-order valence-corrected chi connectivity index (χ1v) is 7.82. The van der Waals surface area contributed by atoms with Gasteiger partial charge in [-0.05, 0) is 24.7 Å². The number of esters is 1. The molecule has 0 spiro atoms. The summed E-state index contributed by atoms with van der Waals surface area (Å²) in [4.78, 5) is 16.1. The Kier molecular flexibility index (Phi) is 5.19. The highest BCUT2D eigenvalue weighted by molar-refractivity contribution is 7.17. The van der Waals surface area contributed by atoms with E-state index < -0.39 is 0 Å². The Balaban J connectivity index is 1.76. The van der Waals surface area contributed by atoms with Gasteiger partial charge in [0.15, 0.2) is 5.13 Å². The molecule has 0 bridgehead atoms. The number of carbonyl (C=O) groups is 1. The van der Waals surface area contributed by atoms with Crippen LogP contribution in [-0.4, -0.2) is 24.6 Å². The molecule has 1 fully saturated rings. The lowest BCUT2D eigenvalue weighted by atomic mass is 9.81. The van der Waals surface area contributed by atoms with E-state index in [2.05, 4.69) is 22.0 Å². The zero-order valence-electron chi connectivity index (χ0n) is 11.6. The summed E-state index contributed by atoms with van der Waals surface area (Å²) in [6.45, 7) is 3.25. The number of hydrogen-bond donors (Lipinski definition) is 1. The number of nitrogens with zero attached hydrogens (tertiary/aromatic N) is 1. The number of aromatic nitrogens is 1. The van der Waals surface area contributed by atoms with E-state index in [4.69, 9.17) is 0 Å². The number of anilines is 1. The van der Waals surface area contributed by atoms with Gasteiger partial charge in [0.25, 0.3) is 0 Å². The Hall–Kier alpha value is -1.10. The average Bonchev–Trinajstić information content (AvgIpc) is 2.93. The molecule has 106 valence electrons. The fourth-order valence-corrected chi connectivity index (χ4v) is 3.37. The summed E-state index contributed by atoms with van der Waals surface area (Å²) < 4.78 is 4.67. The molecule has 2 rings (SSSR count). The van der Waals surface area contributed by atoms with Crippen molar-refractivity contribution < 1.29 is 9.53 Å². The Morgan fingerprint density at radius 3 is 2.74 bits per heavy atom. The molecule has 5 heteroatoms. The third kappa shape index (κ3) is 3.93. The van der Waals surface area contributed by atoms with Crippen molar-refractivity contribution in [2.24, 2.45) is 11.8 Å². The summed E-state index contributed by atoms with van der Waals surface area (Å²) in [6.07, 6.45) is 8.21. The van der Waals surface area contributed by atoms with Crippen LogP contribution in [0, 0.1) is 11.8 Å². The molecule has 0 saturated heterocycles. The third-order valence-electron chi connectivity index (χ3n) is 3.98. The second kappa shape index (κ2) is 6.89. The van der Waals surface area contributed by atoms with Crippen LogP contribution in [0.3, 0.4) is 0 Å². The van der Waals surface area contributed by atoms with Gasteiger partial charge in [0, 0.05) is 6.54 Å². The molecule has 0 aliphatic heterocycles. The van der Waals surface area contributed by atoms with E-state index in [1.165, 1.54) is 50.6 Å². The van der Waals surface area contributed by atoms with Crippen molar-refractivity contribution in [2.45, 2.75) is 39.0 Å². The molecular weight excluding hydrogens is 260 g/mol. The van der Waals surface area contributed by atoms with E-state index in [9.17, 15) is 4.79 Å². The minimum absolute atomic E-state index is 0.311. The number of thiazole rings is 1. The van der Waals surface area contributed by atoms with Crippen molar-refractivity contribution >= 4 is 22.4 Å². The number of hydrogen-bond acceptors (Lipinski definition) is 5. The smallest absolute Gasteiger partial charge is 0.349 e. The van der Waals surface area contributed by atoms with Crippen molar-refractivity contribution in [1.29, 1.82) is 0 Å². The molecule has 1 saturated carbocycles. The van der Waals surface area contributed by atoms with Crippen LogP contribution in [0.25, 0.3) is 0 Å². The number of carbonyl (C=O) groups excluding carboxylic acids is 1. The van der Waals surface area contributed by atoms with Gasteiger partial charge in [0.1, 0.15) is 4.88 Å². The SMILES string of the molecule is CCC1CCC(CNc2ncc(C(=O)OC)s2)CC1. The summed E-state index contributed by atoms with van der Waals surface area (Å²) in [5.41, 5.74) is 0. The molecule has 1 aromatic rings. The van der Waals surface area contributed by atoms with E-state index in [1.807, 2.05) is 0 Å². The number of rotatable bonds is 5. The van der Waals surface area contributed by atoms with Crippen LogP contribution in [0.1, 0.15) is 48.7 Å². The second-order valence-electron chi connectivity index (χ2n) is 5.20. The molecule has 0 radical (unpaired) electrons. The Morgan fingerprint density at radius 2 is 2.11 bits per heavy atom. The van der Waals surface area contributed by atoms with Gasteiger partial charge in [-0.25, -0.2) is 9.78 Å². The number of nitrogens with one attached hydrogen (secondary N) is 1. The highest BCUT2D eigenvalue weighted by Gasteiger charge is 2.20. The van der Waals surface area contributed by atoms with Gasteiger partial charge in [-0.1, -0.05) is 37.5 Å². The van der Waals surface area contributed by atoms with Crippen LogP contribution in [0.5, 0.6) is 0 Å². The topological polar surface area (TPSA) is 51.2 Å². The maximum absolute atomic E-state index is 11.3. The molecule has 19 heavy (non-hydrogen) atoms. The summed E-state index contributed by atoms with van der Waals surface area (Å²) in [5.74, 6) is 1.37. The maximum Gasteiger partial charge on any atom is 0.349 e. The predicted octanol–water partition coefficient (Wildman–Crippen LogP) is 3.56. The summed E-state index contributed by atoms with van der Waals surface area (Å²) >= 11 is 1.36. The highest BCUT2D eigenvalue weighted by atomic mass is 32.1. The summed E-state index contributed by atoms with van der Waals surface area (Å²) in [7, 11) is 1.39. The van der Waals surface area contributed by atoms with Crippen LogP contribution >= 0.6 is 11.3 Å². The quantitative estimate of drug-likeness (QED) is 0.839. The van der Waals surface area contributed by atoms with Crippen LogP contribution < -0.4 is 5.32 Å². The summed E-state index contributed by atoms with van der Waals surface area (Å²) in [6, 6.07) is 0. The Bertz CT molecular complexity index is 411. The first kappa shape index (κ1) is 14.3. The lowest BCUT2D eigenvalue weighted by Gasteiger charge is -2.27. The fourth-order valence-electron chi connectivity index (χ4n) is 2.63. The zero-order chi connectivity index (χ0) is 13.7. The van der Waals surface area contributed by atoms with Crippen LogP contribution in [0.2, 0.25) is 0 Å². The highest BCUT2D eigenvalue weighted by Crippen LogP contribution is 2.31. The Morgan fingerprint density at radius 1 is 1.42 bits per heavy atom. The molecule has 1 aromatic heterocycles. The molecule has 1 aliphatic rings. The van der Waals surface area contributed by atoms with E-state index in [1.54, 1.807) is 6.20 Å². The first-order chi connectivity index (χ1) is 9.22. The van der Waals surface area contributed by atoms with Gasteiger partial charge in [-0.15, -0.1) is 0 Å². The van der Waals surface area contributed by atoms with Gasteiger partial charge in [0.2, 0.25) is 0 Å². The third-order valence-corrected chi connectivity index (χ3v) is 4.91. The van der Waals surface area contributed by atoms with Gasteiger partial charge >= 0.3 is 5.97 Å². The molecule has 1 aliphatic carbocycles. The number of ether oxygens (including phenoxy) is 1. The van der Waals surface area contributed by atoms with E-state index in [0.717, 1.165) is 23.5 Å². The predicted molar refractivity (Wildman–Crippen MR) is 77.7 cm³/mol. The lowest BCUT2D eigenvalue weighted by molar-refractivity contribution is 0.0606. The van der Waals surface area contributed by atoms with Gasteiger partial charge in [0.05, 0.1) is 13.3 Å². The summed E-state index contributed by atoms with van der Waals surface area (Å²) in [5, 5.41) is 4.16. The molecule has 1 heterocycles. The van der Waals surface area contributed by atoms with Crippen molar-refractivity contribution in [2.75, 3.05) is 19.0 Å². The first-order valence-electron chi connectivity index (χ1n) is 7.01. The minimum Gasteiger partial charge on any atom is -0.465 e. The van der Waals surface area contributed by atoms with Crippen molar-refractivity contribution in [3.8, 4) is 0 Å². The van der Waals surface area contributed by atoms with Crippen LogP contribution in [-0.2, 0) is 4.74 Å². The molecule has 0 unspecified atom stereocenters. The largest absolute Gasteiger partial charge is 0.465 e. The molecule has 0 atom stereocenters. The molecule has 0 aromatic carbocycles. The molecule has 1 N–H and O–H groups in total. The monoisotopic (exact) mass is 282 g/mol. The van der Waals surface area contributed by atoms with Crippen molar-refractivity contribution in [3.05, 3.63) is 11.1 Å².